The Bertz CT molecular complexity index is 376. The lowest BCUT2D eigenvalue weighted by Crippen LogP contribution is -2.34. The summed E-state index contributed by atoms with van der Waals surface area (Å²) in [6.07, 6.45) is 0. The molecule has 0 fully saturated rings. The molecule has 0 aromatic heterocycles. The fraction of sp³-hybridized carbons (Fsp3) is 0.300. The van der Waals surface area contributed by atoms with Crippen molar-refractivity contribution in [3.8, 4) is 11.5 Å². The van der Waals surface area contributed by atoms with E-state index in [9.17, 15) is 4.79 Å². The first kappa shape index (κ1) is 8.87. The molecule has 74 valence electrons. The molecule has 0 saturated heterocycles. The van der Waals surface area contributed by atoms with Gasteiger partial charge in [-0.1, -0.05) is 6.07 Å². The number of hydrogen-bond acceptors (Lipinski definition) is 4. The number of hydrogen-bond donors (Lipinski definition) is 1. The Morgan fingerprint density at radius 3 is 3.00 bits per heavy atom. The monoisotopic (exact) mass is 193 g/mol. The van der Waals surface area contributed by atoms with Crippen molar-refractivity contribution >= 4 is 11.7 Å². The number of benzene rings is 1. The van der Waals surface area contributed by atoms with E-state index >= 15 is 0 Å². The zero-order valence-corrected chi connectivity index (χ0v) is 8.03. The van der Waals surface area contributed by atoms with Crippen molar-refractivity contribution in [1.29, 1.82) is 0 Å². The van der Waals surface area contributed by atoms with Crippen LogP contribution in [0.5, 0.6) is 11.5 Å². The second kappa shape index (κ2) is 3.21. The molecule has 1 heterocycles. The van der Waals surface area contributed by atoms with Gasteiger partial charge in [0.2, 0.25) is 0 Å². The molecule has 0 radical (unpaired) electrons. The minimum absolute atomic E-state index is 0.272. The highest BCUT2D eigenvalue weighted by atomic mass is 16.5. The number of fused-ring (bicyclic) bond motifs is 1. The van der Waals surface area contributed by atoms with Crippen LogP contribution in [0.3, 0.4) is 0 Å². The van der Waals surface area contributed by atoms with Crippen LogP contribution in [0.1, 0.15) is 6.92 Å². The molecule has 1 unspecified atom stereocenters. The smallest absolute Gasteiger partial charge is 0.333 e. The number of anilines is 1. The van der Waals surface area contributed by atoms with Gasteiger partial charge in [-0.05, 0) is 19.1 Å². The molecule has 1 aliphatic heterocycles. The number of nitrogens with one attached hydrogen (secondary N) is 1. The molecule has 4 heteroatoms. The van der Waals surface area contributed by atoms with Crippen LogP contribution < -0.4 is 14.8 Å². The van der Waals surface area contributed by atoms with Crippen molar-refractivity contribution in [1.82, 2.24) is 0 Å². The van der Waals surface area contributed by atoms with Gasteiger partial charge in [-0.25, -0.2) is 4.79 Å². The SMILES string of the molecule is COc1cccc2c1NC(C)C(=O)O2. The van der Waals surface area contributed by atoms with E-state index in [-0.39, 0.29) is 12.0 Å². The first-order chi connectivity index (χ1) is 6.72. The highest BCUT2D eigenvalue weighted by Gasteiger charge is 2.25. The fourth-order valence-corrected chi connectivity index (χ4v) is 1.38. The molecule has 14 heavy (non-hydrogen) atoms. The van der Waals surface area contributed by atoms with Gasteiger partial charge < -0.3 is 14.8 Å². The third-order valence-corrected chi connectivity index (χ3v) is 2.13. The summed E-state index contributed by atoms with van der Waals surface area (Å²) in [6.45, 7) is 1.75. The van der Waals surface area contributed by atoms with Crippen LogP contribution in [0.15, 0.2) is 18.2 Å². The van der Waals surface area contributed by atoms with E-state index in [2.05, 4.69) is 5.32 Å². The standard InChI is InChI=1S/C10H11NO3/c1-6-10(12)14-8-5-3-4-7(13-2)9(8)11-6/h3-6,11H,1-2H3. The van der Waals surface area contributed by atoms with Crippen molar-refractivity contribution < 1.29 is 14.3 Å². The molecule has 1 aliphatic rings. The lowest BCUT2D eigenvalue weighted by molar-refractivity contribution is -0.135. The van der Waals surface area contributed by atoms with E-state index in [1.807, 2.05) is 6.07 Å². The van der Waals surface area contributed by atoms with Gasteiger partial charge in [0.15, 0.2) is 5.75 Å². The Morgan fingerprint density at radius 2 is 2.29 bits per heavy atom. The lowest BCUT2D eigenvalue weighted by Gasteiger charge is -2.24. The summed E-state index contributed by atoms with van der Waals surface area (Å²) in [5.74, 6) is 0.931. The number of methoxy groups -OCH3 is 1. The van der Waals surface area contributed by atoms with Gasteiger partial charge in [0.1, 0.15) is 17.5 Å². The summed E-state index contributed by atoms with van der Waals surface area (Å²) in [5, 5.41) is 3.03. The van der Waals surface area contributed by atoms with Crippen molar-refractivity contribution in [3.63, 3.8) is 0 Å². The van der Waals surface area contributed by atoms with Crippen LogP contribution in [0.4, 0.5) is 5.69 Å². The second-order valence-corrected chi connectivity index (χ2v) is 3.12. The molecule has 0 bridgehead atoms. The number of ether oxygens (including phenoxy) is 2. The van der Waals surface area contributed by atoms with Crippen LogP contribution in [0.2, 0.25) is 0 Å². The molecule has 1 aromatic rings. The van der Waals surface area contributed by atoms with Crippen LogP contribution >= 0.6 is 0 Å². The zero-order valence-electron chi connectivity index (χ0n) is 8.03. The number of carbonyl (C=O) groups excluding carboxylic acids is 1. The van der Waals surface area contributed by atoms with Gasteiger partial charge in [0, 0.05) is 0 Å². The molecular formula is C10H11NO3. The summed E-state index contributed by atoms with van der Waals surface area (Å²) in [6, 6.07) is 4.99. The second-order valence-electron chi connectivity index (χ2n) is 3.12. The van der Waals surface area contributed by atoms with Crippen molar-refractivity contribution in [2.75, 3.05) is 12.4 Å². The quantitative estimate of drug-likeness (QED) is 0.541. The maximum Gasteiger partial charge on any atom is 0.333 e. The lowest BCUT2D eigenvalue weighted by atomic mass is 10.2. The third-order valence-electron chi connectivity index (χ3n) is 2.13. The highest BCUT2D eigenvalue weighted by molar-refractivity contribution is 5.88. The summed E-state index contributed by atoms with van der Waals surface area (Å²) in [5.41, 5.74) is 0.738. The molecule has 0 aliphatic carbocycles. The van der Waals surface area contributed by atoms with Crippen LogP contribution in [-0.2, 0) is 4.79 Å². The van der Waals surface area contributed by atoms with E-state index in [4.69, 9.17) is 9.47 Å². The number of carbonyl (C=O) groups is 1. The molecule has 1 atom stereocenters. The Hall–Kier alpha value is -1.71. The average molecular weight is 193 g/mol. The van der Waals surface area contributed by atoms with Crippen LogP contribution in [0.25, 0.3) is 0 Å². The van der Waals surface area contributed by atoms with E-state index < -0.39 is 0 Å². The van der Waals surface area contributed by atoms with Gasteiger partial charge in [0.05, 0.1) is 7.11 Å². The molecule has 1 N–H and O–H groups in total. The topological polar surface area (TPSA) is 47.6 Å². The maximum atomic E-state index is 11.2. The Labute approximate surface area is 81.8 Å². The molecule has 0 saturated carbocycles. The number of esters is 1. The first-order valence-corrected chi connectivity index (χ1v) is 4.37. The third kappa shape index (κ3) is 1.28. The molecule has 2 rings (SSSR count). The summed E-state index contributed by atoms with van der Waals surface area (Å²) in [4.78, 5) is 11.2. The first-order valence-electron chi connectivity index (χ1n) is 4.37. The predicted molar refractivity (Wildman–Crippen MR) is 51.7 cm³/mol. The van der Waals surface area contributed by atoms with Crippen LogP contribution in [0, 0.1) is 0 Å². The zero-order chi connectivity index (χ0) is 10.1. The van der Waals surface area contributed by atoms with E-state index in [0.29, 0.717) is 11.5 Å². The van der Waals surface area contributed by atoms with E-state index in [1.54, 1.807) is 26.2 Å². The molecule has 0 amide bonds. The minimum Gasteiger partial charge on any atom is -0.494 e. The van der Waals surface area contributed by atoms with Crippen molar-refractivity contribution in [2.45, 2.75) is 13.0 Å². The summed E-state index contributed by atoms with van der Waals surface area (Å²) >= 11 is 0. The molecular weight excluding hydrogens is 182 g/mol. The number of rotatable bonds is 1. The predicted octanol–water partition coefficient (Wildman–Crippen LogP) is 1.41. The normalized spacial score (nSPS) is 19.3. The van der Waals surface area contributed by atoms with E-state index in [0.717, 1.165) is 5.69 Å². The van der Waals surface area contributed by atoms with Gasteiger partial charge in [-0.15, -0.1) is 0 Å². The van der Waals surface area contributed by atoms with Gasteiger partial charge in [-0.3, -0.25) is 0 Å². The molecule has 4 nitrogen and oxygen atoms in total. The highest BCUT2D eigenvalue weighted by Crippen LogP contribution is 2.37. The van der Waals surface area contributed by atoms with E-state index in [1.165, 1.54) is 0 Å². The van der Waals surface area contributed by atoms with Gasteiger partial charge in [-0.2, -0.15) is 0 Å². The number of para-hydroxylation sites is 1. The van der Waals surface area contributed by atoms with Crippen molar-refractivity contribution in [2.24, 2.45) is 0 Å². The fourth-order valence-electron chi connectivity index (χ4n) is 1.38. The Kier molecular flexibility index (Phi) is 2.04. The van der Waals surface area contributed by atoms with Crippen molar-refractivity contribution in [3.05, 3.63) is 18.2 Å². The summed E-state index contributed by atoms with van der Waals surface area (Å²) < 4.78 is 10.2. The van der Waals surface area contributed by atoms with Gasteiger partial charge in [0.25, 0.3) is 0 Å². The average Bonchev–Trinajstić information content (AvgIpc) is 2.19. The minimum atomic E-state index is -0.334. The summed E-state index contributed by atoms with van der Waals surface area (Å²) in [7, 11) is 1.58. The largest absolute Gasteiger partial charge is 0.494 e. The maximum absolute atomic E-state index is 11.2. The Balaban J connectivity index is 2.46. The molecule has 0 spiro atoms. The molecule has 1 aromatic carbocycles. The Morgan fingerprint density at radius 1 is 1.50 bits per heavy atom. The van der Waals surface area contributed by atoms with Gasteiger partial charge >= 0.3 is 5.97 Å². The van der Waals surface area contributed by atoms with Crippen LogP contribution in [-0.4, -0.2) is 19.1 Å².